The number of nitrogens with one attached hydrogen (secondary N) is 2. The van der Waals surface area contributed by atoms with Crippen molar-refractivity contribution in [2.75, 3.05) is 17.7 Å². The molecule has 0 bridgehead atoms. The first kappa shape index (κ1) is 20.7. The van der Waals surface area contributed by atoms with Gasteiger partial charge in [0.05, 0.1) is 22.8 Å². The van der Waals surface area contributed by atoms with Gasteiger partial charge in [-0.25, -0.2) is 15.8 Å². The zero-order valence-corrected chi connectivity index (χ0v) is 17.8. The minimum Gasteiger partial charge on any atom is -0.399 e. The van der Waals surface area contributed by atoms with Crippen LogP contribution in [0.15, 0.2) is 54.6 Å². The molecule has 0 spiro atoms. The van der Waals surface area contributed by atoms with E-state index in [9.17, 15) is 5.26 Å². The Labute approximate surface area is 185 Å². The summed E-state index contributed by atoms with van der Waals surface area (Å²) in [6.07, 6.45) is 5.27. The van der Waals surface area contributed by atoms with Crippen LogP contribution in [0.4, 0.5) is 11.5 Å². The van der Waals surface area contributed by atoms with Gasteiger partial charge in [-0.2, -0.15) is 5.26 Å². The first-order chi connectivity index (χ1) is 15.0. The third kappa shape index (κ3) is 4.33. The molecule has 8 nitrogen and oxygen atoms in total. The molecule has 158 valence electrons. The largest absolute Gasteiger partial charge is 0.399 e. The lowest BCUT2D eigenvalue weighted by atomic mass is 10.0. The van der Waals surface area contributed by atoms with Crippen LogP contribution in [0.2, 0.25) is 5.02 Å². The van der Waals surface area contributed by atoms with Crippen molar-refractivity contribution < 1.29 is 0 Å². The van der Waals surface area contributed by atoms with E-state index in [1.54, 1.807) is 24.3 Å². The average molecular weight is 435 g/mol. The van der Waals surface area contributed by atoms with Gasteiger partial charge in [-0.05, 0) is 36.6 Å². The predicted octanol–water partition coefficient (Wildman–Crippen LogP) is 3.49. The molecule has 3 aromatic rings. The minimum absolute atomic E-state index is 0.312. The molecule has 1 saturated carbocycles. The van der Waals surface area contributed by atoms with Crippen molar-refractivity contribution in [3.63, 3.8) is 0 Å². The summed E-state index contributed by atoms with van der Waals surface area (Å²) in [6.45, 7) is 0. The number of hydrogen-bond acceptors (Lipinski definition) is 8. The molecule has 1 atom stereocenters. The second-order valence-electron chi connectivity index (χ2n) is 7.41. The highest BCUT2D eigenvalue weighted by Gasteiger charge is 2.27. The summed E-state index contributed by atoms with van der Waals surface area (Å²) in [5.41, 5.74) is 9.50. The number of aromatic nitrogens is 2. The lowest BCUT2D eigenvalue weighted by molar-refractivity contribution is 0.378. The molecule has 1 unspecified atom stereocenters. The van der Waals surface area contributed by atoms with Gasteiger partial charge >= 0.3 is 0 Å². The van der Waals surface area contributed by atoms with Crippen molar-refractivity contribution in [3.05, 3.63) is 70.8 Å². The van der Waals surface area contributed by atoms with Crippen molar-refractivity contribution in [2.45, 2.75) is 24.9 Å². The van der Waals surface area contributed by atoms with Crippen LogP contribution < -0.4 is 22.2 Å². The molecule has 1 heterocycles. The molecular formula is C22H23ClN8. The molecule has 0 saturated heterocycles. The van der Waals surface area contributed by atoms with E-state index in [4.69, 9.17) is 23.2 Å². The molecular weight excluding hydrogens is 412 g/mol. The number of anilines is 2. The maximum absolute atomic E-state index is 9.68. The summed E-state index contributed by atoms with van der Waals surface area (Å²) in [5.74, 6) is 6.76. The van der Waals surface area contributed by atoms with Gasteiger partial charge < -0.3 is 21.4 Å². The lowest BCUT2D eigenvalue weighted by Crippen LogP contribution is -2.30. The summed E-state index contributed by atoms with van der Waals surface area (Å²) in [6, 6.07) is 13.2. The van der Waals surface area contributed by atoms with Crippen LogP contribution in [-0.2, 0) is 0 Å². The summed E-state index contributed by atoms with van der Waals surface area (Å²) in [7, 11) is 1.77. The monoisotopic (exact) mass is 434 g/mol. The second-order valence-corrected chi connectivity index (χ2v) is 7.82. The van der Waals surface area contributed by atoms with Crippen molar-refractivity contribution in [2.24, 2.45) is 11.6 Å². The summed E-state index contributed by atoms with van der Waals surface area (Å²) in [4.78, 5) is 8.53. The Hall–Kier alpha value is -3.54. The number of halogens is 1. The Morgan fingerprint density at radius 1 is 1.32 bits per heavy atom. The van der Waals surface area contributed by atoms with Crippen LogP contribution in [-0.4, -0.2) is 28.1 Å². The zero-order valence-electron chi connectivity index (χ0n) is 17.0. The third-order valence-electron chi connectivity index (χ3n) is 5.22. The molecule has 1 aromatic heterocycles. The van der Waals surface area contributed by atoms with E-state index in [0.29, 0.717) is 39.3 Å². The number of rotatable bonds is 7. The molecule has 9 heteroatoms. The Morgan fingerprint density at radius 3 is 2.77 bits per heavy atom. The first-order valence-corrected chi connectivity index (χ1v) is 10.3. The van der Waals surface area contributed by atoms with Crippen LogP contribution in [0.5, 0.6) is 0 Å². The molecule has 2 aromatic carbocycles. The Morgan fingerprint density at radius 2 is 2.10 bits per heavy atom. The van der Waals surface area contributed by atoms with E-state index < -0.39 is 6.04 Å². The van der Waals surface area contributed by atoms with E-state index in [-0.39, 0.29) is 0 Å². The summed E-state index contributed by atoms with van der Waals surface area (Å²) < 4.78 is 0. The maximum atomic E-state index is 9.68. The van der Waals surface area contributed by atoms with Crippen LogP contribution >= 0.6 is 11.6 Å². The maximum Gasteiger partial charge on any atom is 0.137 e. The smallest absolute Gasteiger partial charge is 0.137 e. The Kier molecular flexibility index (Phi) is 5.80. The summed E-state index contributed by atoms with van der Waals surface area (Å²) >= 11 is 6.49. The van der Waals surface area contributed by atoms with Crippen LogP contribution in [0.1, 0.15) is 30.0 Å². The van der Waals surface area contributed by atoms with Crippen molar-refractivity contribution in [1.82, 2.24) is 15.0 Å². The normalized spacial score (nSPS) is 14.7. The fourth-order valence-corrected chi connectivity index (χ4v) is 3.72. The molecule has 0 radical (unpaired) electrons. The Balaban J connectivity index is 1.79. The van der Waals surface area contributed by atoms with Gasteiger partial charge in [0, 0.05) is 35.4 Å². The summed E-state index contributed by atoms with van der Waals surface area (Å²) in [5, 5.41) is 19.1. The molecule has 31 heavy (non-hydrogen) atoms. The molecule has 6 N–H and O–H groups in total. The quantitative estimate of drug-likeness (QED) is 0.328. The van der Waals surface area contributed by atoms with Crippen LogP contribution in [0, 0.1) is 11.3 Å². The fraction of sp³-hybridized carbons (Fsp3) is 0.227. The zero-order chi connectivity index (χ0) is 22.0. The van der Waals surface area contributed by atoms with Gasteiger partial charge in [0.2, 0.25) is 0 Å². The molecule has 0 amide bonds. The number of nitrogens with zero attached hydrogens (tertiary/aromatic N) is 4. The number of hydrazine groups is 1. The number of nitriles is 1. The minimum atomic E-state index is -0.454. The van der Waals surface area contributed by atoms with E-state index in [2.05, 4.69) is 26.7 Å². The average Bonchev–Trinajstić information content (AvgIpc) is 3.62. The number of nitrogens with two attached hydrogens (primary N) is 2. The van der Waals surface area contributed by atoms with Crippen molar-refractivity contribution >= 4 is 34.0 Å². The Bertz CT molecular complexity index is 1180. The second kappa shape index (κ2) is 8.68. The highest BCUT2D eigenvalue weighted by atomic mass is 35.5. The van der Waals surface area contributed by atoms with Gasteiger partial charge in [-0.1, -0.05) is 29.8 Å². The number of hydrogen-bond donors (Lipinski definition) is 4. The van der Waals surface area contributed by atoms with E-state index in [1.165, 1.54) is 6.33 Å². The van der Waals surface area contributed by atoms with E-state index in [1.807, 2.05) is 30.3 Å². The molecule has 1 aliphatic rings. The number of benzene rings is 2. The third-order valence-corrected chi connectivity index (χ3v) is 5.57. The fourth-order valence-electron chi connectivity index (χ4n) is 3.48. The van der Waals surface area contributed by atoms with Gasteiger partial charge in [0.1, 0.15) is 18.2 Å². The molecule has 4 rings (SSSR count). The van der Waals surface area contributed by atoms with Crippen molar-refractivity contribution in [3.8, 4) is 6.07 Å². The highest BCUT2D eigenvalue weighted by Crippen LogP contribution is 2.33. The standard InChI is InChI=1S/C22H23ClN8/c1-27-22-17-9-14(8-13(10-24)20(17)28-12-29-22)30-21(16-4-2-3-5-18(16)23)19(25)11-31(26)15-6-7-15/h2-5,8-9,11-12,15,21,30H,6-7,25-26H2,1H3,(H,27,28,29)/b19-11-. The molecule has 1 fully saturated rings. The van der Waals surface area contributed by atoms with E-state index >= 15 is 0 Å². The van der Waals surface area contributed by atoms with Gasteiger partial charge in [-0.3, -0.25) is 0 Å². The van der Waals surface area contributed by atoms with E-state index in [0.717, 1.165) is 23.8 Å². The van der Waals surface area contributed by atoms with Gasteiger partial charge in [0.25, 0.3) is 0 Å². The SMILES string of the molecule is CNc1ncnc2c(C#N)cc(NC(/C(N)=C/N(N)C3CC3)c3ccccc3Cl)cc12. The first-order valence-electron chi connectivity index (χ1n) is 9.89. The van der Waals surface area contributed by atoms with Gasteiger partial charge in [0.15, 0.2) is 0 Å². The van der Waals surface area contributed by atoms with Crippen molar-refractivity contribution in [1.29, 1.82) is 5.26 Å². The van der Waals surface area contributed by atoms with Crippen LogP contribution in [0.3, 0.4) is 0 Å². The molecule has 1 aliphatic carbocycles. The highest BCUT2D eigenvalue weighted by molar-refractivity contribution is 6.31. The van der Waals surface area contributed by atoms with Crippen LogP contribution in [0.25, 0.3) is 10.9 Å². The van der Waals surface area contributed by atoms with Gasteiger partial charge in [-0.15, -0.1) is 0 Å². The predicted molar refractivity (Wildman–Crippen MR) is 123 cm³/mol. The number of fused-ring (bicyclic) bond motifs is 1. The molecule has 0 aliphatic heterocycles. The topological polar surface area (TPSA) is 129 Å². The lowest BCUT2D eigenvalue weighted by Gasteiger charge is -2.24.